The van der Waals surface area contributed by atoms with Crippen molar-refractivity contribution in [1.82, 2.24) is 9.55 Å². The van der Waals surface area contributed by atoms with Crippen molar-refractivity contribution < 1.29 is 4.92 Å². The fourth-order valence-corrected chi connectivity index (χ4v) is 2.36. The zero-order valence-electron chi connectivity index (χ0n) is 11.2. The van der Waals surface area contributed by atoms with E-state index in [4.69, 9.17) is 0 Å². The third-order valence-electron chi connectivity index (χ3n) is 2.80. The maximum atomic E-state index is 11.7. The highest BCUT2D eigenvalue weighted by Gasteiger charge is 2.16. The van der Waals surface area contributed by atoms with Gasteiger partial charge in [0.25, 0.3) is 5.43 Å². The average Bonchev–Trinajstić information content (AvgIpc) is 2.44. The third kappa shape index (κ3) is 3.46. The molecule has 0 atom stereocenters. The van der Waals surface area contributed by atoms with E-state index in [9.17, 15) is 14.9 Å². The molecule has 0 spiro atoms. The van der Waals surface area contributed by atoms with E-state index in [0.717, 1.165) is 17.9 Å². The number of nitro groups is 1. The van der Waals surface area contributed by atoms with Crippen LogP contribution in [-0.4, -0.2) is 21.0 Å². The van der Waals surface area contributed by atoms with Gasteiger partial charge in [0.15, 0.2) is 0 Å². The monoisotopic (exact) mass is 352 g/mol. The number of nitrogens with one attached hydrogen (secondary N) is 1. The molecular formula is C13H13BrN4O3. The molecule has 2 aromatic rings. The summed E-state index contributed by atoms with van der Waals surface area (Å²) in [5.41, 5.74) is -0.211. The molecule has 0 aliphatic heterocycles. The molecule has 7 nitrogen and oxygen atoms in total. The molecule has 2 aromatic heterocycles. The second kappa shape index (κ2) is 6.49. The summed E-state index contributed by atoms with van der Waals surface area (Å²) in [4.78, 5) is 26.1. The molecule has 0 bridgehead atoms. The maximum Gasteiger partial charge on any atom is 0.333 e. The normalized spacial score (nSPS) is 10.4. The molecule has 0 aliphatic rings. The standard InChI is InChI=1S/C13H13BrN4O3/c1-2-15-13-9(4-3-5-16-13)6-17-7-10(14)12(19)11(8-17)18(20)21/h3-5,7-8H,2,6H2,1H3,(H,15,16). The highest BCUT2D eigenvalue weighted by atomic mass is 79.9. The van der Waals surface area contributed by atoms with Gasteiger partial charge < -0.3 is 9.88 Å². The number of aromatic nitrogens is 2. The van der Waals surface area contributed by atoms with E-state index in [2.05, 4.69) is 26.2 Å². The Bertz CT molecular complexity index is 730. The second-order valence-electron chi connectivity index (χ2n) is 4.29. The molecule has 21 heavy (non-hydrogen) atoms. The smallest absolute Gasteiger partial charge is 0.333 e. The van der Waals surface area contributed by atoms with Crippen LogP contribution in [-0.2, 0) is 6.54 Å². The highest BCUT2D eigenvalue weighted by Crippen LogP contribution is 2.16. The van der Waals surface area contributed by atoms with Crippen LogP contribution in [0, 0.1) is 10.1 Å². The fraction of sp³-hybridized carbons (Fsp3) is 0.231. The number of anilines is 1. The Morgan fingerprint density at radius 2 is 2.24 bits per heavy atom. The zero-order valence-corrected chi connectivity index (χ0v) is 12.8. The molecule has 1 N–H and O–H groups in total. The molecule has 0 aliphatic carbocycles. The van der Waals surface area contributed by atoms with E-state index in [0.29, 0.717) is 6.54 Å². The van der Waals surface area contributed by atoms with Gasteiger partial charge in [0.2, 0.25) is 0 Å². The number of pyridine rings is 2. The van der Waals surface area contributed by atoms with Crippen molar-refractivity contribution in [3.05, 3.63) is 61.1 Å². The van der Waals surface area contributed by atoms with E-state index in [1.165, 1.54) is 12.4 Å². The van der Waals surface area contributed by atoms with Crippen LogP contribution in [0.2, 0.25) is 0 Å². The minimum atomic E-state index is -0.682. The van der Waals surface area contributed by atoms with Gasteiger partial charge >= 0.3 is 5.69 Å². The summed E-state index contributed by atoms with van der Waals surface area (Å²) in [7, 11) is 0. The lowest BCUT2D eigenvalue weighted by Crippen LogP contribution is -2.14. The van der Waals surface area contributed by atoms with Gasteiger partial charge in [-0.2, -0.15) is 0 Å². The Balaban J connectivity index is 2.41. The van der Waals surface area contributed by atoms with Gasteiger partial charge in [-0.1, -0.05) is 6.07 Å². The molecular weight excluding hydrogens is 340 g/mol. The van der Waals surface area contributed by atoms with Crippen molar-refractivity contribution >= 4 is 27.4 Å². The van der Waals surface area contributed by atoms with Crippen molar-refractivity contribution in [2.75, 3.05) is 11.9 Å². The number of halogens is 1. The van der Waals surface area contributed by atoms with Gasteiger partial charge in [0.1, 0.15) is 5.82 Å². The Kier molecular flexibility index (Phi) is 4.69. The maximum absolute atomic E-state index is 11.7. The molecule has 0 amide bonds. The fourth-order valence-electron chi connectivity index (χ4n) is 1.89. The van der Waals surface area contributed by atoms with E-state index in [1.54, 1.807) is 16.8 Å². The van der Waals surface area contributed by atoms with Crippen LogP contribution < -0.4 is 10.7 Å². The Labute approximate surface area is 128 Å². The summed E-state index contributed by atoms with van der Waals surface area (Å²) >= 11 is 3.06. The van der Waals surface area contributed by atoms with Gasteiger partial charge in [-0.3, -0.25) is 14.9 Å². The van der Waals surface area contributed by atoms with Crippen molar-refractivity contribution in [3.8, 4) is 0 Å². The molecule has 0 saturated carbocycles. The van der Waals surface area contributed by atoms with E-state index in [1.807, 2.05) is 13.0 Å². The van der Waals surface area contributed by atoms with Gasteiger partial charge in [-0.15, -0.1) is 0 Å². The topological polar surface area (TPSA) is 90.1 Å². The lowest BCUT2D eigenvalue weighted by atomic mass is 10.2. The molecule has 2 rings (SSSR count). The minimum Gasteiger partial charge on any atom is -0.370 e. The molecule has 8 heteroatoms. The van der Waals surface area contributed by atoms with Crippen molar-refractivity contribution in [3.63, 3.8) is 0 Å². The van der Waals surface area contributed by atoms with Crippen LogP contribution >= 0.6 is 15.9 Å². The van der Waals surface area contributed by atoms with Gasteiger partial charge in [-0.25, -0.2) is 4.98 Å². The second-order valence-corrected chi connectivity index (χ2v) is 5.15. The summed E-state index contributed by atoms with van der Waals surface area (Å²) in [5, 5.41) is 14.0. The summed E-state index contributed by atoms with van der Waals surface area (Å²) in [6, 6.07) is 3.67. The van der Waals surface area contributed by atoms with Crippen LogP contribution in [0.5, 0.6) is 0 Å². The molecule has 110 valence electrons. The molecule has 0 unspecified atom stereocenters. The first-order valence-electron chi connectivity index (χ1n) is 6.24. The first kappa shape index (κ1) is 15.2. The number of hydrogen-bond acceptors (Lipinski definition) is 5. The summed E-state index contributed by atoms with van der Waals surface area (Å²) in [5.74, 6) is 0.720. The van der Waals surface area contributed by atoms with Crippen LogP contribution in [0.4, 0.5) is 11.5 Å². The Morgan fingerprint density at radius 3 is 2.90 bits per heavy atom. The molecule has 0 radical (unpaired) electrons. The minimum absolute atomic E-state index is 0.158. The van der Waals surface area contributed by atoms with Crippen molar-refractivity contribution in [1.29, 1.82) is 0 Å². The molecule has 0 aromatic carbocycles. The Morgan fingerprint density at radius 1 is 1.48 bits per heavy atom. The van der Waals surface area contributed by atoms with Crippen molar-refractivity contribution in [2.45, 2.75) is 13.5 Å². The molecule has 0 fully saturated rings. The number of hydrogen-bond donors (Lipinski definition) is 1. The number of nitrogens with zero attached hydrogens (tertiary/aromatic N) is 3. The molecule has 0 saturated heterocycles. The Hall–Kier alpha value is -2.22. The number of rotatable bonds is 5. The summed E-state index contributed by atoms with van der Waals surface area (Å²) in [6.45, 7) is 3.05. The average molecular weight is 353 g/mol. The lowest BCUT2D eigenvalue weighted by molar-refractivity contribution is -0.386. The van der Waals surface area contributed by atoms with Gasteiger partial charge in [0.05, 0.1) is 22.1 Å². The van der Waals surface area contributed by atoms with Crippen LogP contribution in [0.25, 0.3) is 0 Å². The lowest BCUT2D eigenvalue weighted by Gasteiger charge is -2.11. The zero-order chi connectivity index (χ0) is 15.4. The quantitative estimate of drug-likeness (QED) is 0.659. The van der Waals surface area contributed by atoms with Gasteiger partial charge in [0, 0.05) is 24.5 Å². The van der Waals surface area contributed by atoms with Crippen LogP contribution in [0.3, 0.4) is 0 Å². The predicted molar refractivity (Wildman–Crippen MR) is 82.6 cm³/mol. The molecule has 2 heterocycles. The SMILES string of the molecule is CCNc1ncccc1Cn1cc(Br)c(=O)c([N+](=O)[O-])c1. The van der Waals surface area contributed by atoms with E-state index >= 15 is 0 Å². The first-order valence-corrected chi connectivity index (χ1v) is 7.04. The third-order valence-corrected chi connectivity index (χ3v) is 3.37. The summed E-state index contributed by atoms with van der Waals surface area (Å²) < 4.78 is 1.74. The van der Waals surface area contributed by atoms with Crippen LogP contribution in [0.15, 0.2) is 40.0 Å². The van der Waals surface area contributed by atoms with Crippen molar-refractivity contribution in [2.24, 2.45) is 0 Å². The van der Waals surface area contributed by atoms with E-state index < -0.39 is 16.0 Å². The van der Waals surface area contributed by atoms with E-state index in [-0.39, 0.29) is 4.47 Å². The summed E-state index contributed by atoms with van der Waals surface area (Å²) in [6.07, 6.45) is 4.43. The highest BCUT2D eigenvalue weighted by molar-refractivity contribution is 9.10. The predicted octanol–water partition coefficient (Wildman–Crippen LogP) is 2.39. The van der Waals surface area contributed by atoms with Crippen LogP contribution in [0.1, 0.15) is 12.5 Å². The first-order chi connectivity index (χ1) is 10.0. The van der Waals surface area contributed by atoms with Gasteiger partial charge in [-0.05, 0) is 28.9 Å². The largest absolute Gasteiger partial charge is 0.370 e.